The van der Waals surface area contributed by atoms with E-state index in [9.17, 15) is 18.0 Å². The molecule has 2 atom stereocenters. The maximum absolute atomic E-state index is 14.7. The number of methoxy groups -OCH3 is 1. The van der Waals surface area contributed by atoms with Crippen molar-refractivity contribution in [3.05, 3.63) is 124 Å². The molecule has 2 amide bonds. The number of aryl methyl sites for hydroxylation is 2. The molecule has 4 rings (SSSR count). The highest BCUT2D eigenvalue weighted by molar-refractivity contribution is 7.92. The summed E-state index contributed by atoms with van der Waals surface area (Å²) in [7, 11) is -2.89. The number of hydrogen-bond acceptors (Lipinski definition) is 5. The Morgan fingerprint density at radius 3 is 2.09 bits per heavy atom. The zero-order valence-electron chi connectivity index (χ0n) is 27.4. The second-order valence-corrected chi connectivity index (χ2v) is 14.0. The van der Waals surface area contributed by atoms with Crippen LogP contribution in [-0.2, 0) is 32.6 Å². The molecule has 0 unspecified atom stereocenters. The summed E-state index contributed by atoms with van der Waals surface area (Å²) in [6.07, 6.45) is 0.929. The van der Waals surface area contributed by atoms with Gasteiger partial charge in [0.1, 0.15) is 18.3 Å². The van der Waals surface area contributed by atoms with Crippen LogP contribution in [0.15, 0.2) is 102 Å². The van der Waals surface area contributed by atoms with Crippen LogP contribution in [-0.4, -0.2) is 50.9 Å². The number of nitrogens with zero attached hydrogens (tertiary/aromatic N) is 2. The highest BCUT2D eigenvalue weighted by Gasteiger charge is 2.36. The first-order valence-corrected chi connectivity index (χ1v) is 17.4. The number of carbonyl (C=O) groups is 2. The van der Waals surface area contributed by atoms with Crippen LogP contribution in [0, 0.1) is 13.8 Å². The minimum Gasteiger partial charge on any atom is -0.495 e. The SMILES string of the molecule is CC[C@@H](C)NC(=O)[C@H](Cc1ccccc1)N(Cc1ccc(C)cc1)C(=O)CN(c1cc(Cl)ccc1OC)S(=O)(=O)c1ccc(C)cc1. The lowest BCUT2D eigenvalue weighted by Crippen LogP contribution is -2.54. The summed E-state index contributed by atoms with van der Waals surface area (Å²) >= 11 is 6.37. The van der Waals surface area contributed by atoms with Gasteiger partial charge in [-0.05, 0) is 68.7 Å². The smallest absolute Gasteiger partial charge is 0.264 e. The minimum absolute atomic E-state index is 0.00152. The minimum atomic E-state index is -4.31. The standard InChI is InChI=1S/C37H42ClN3O5S/c1-6-28(4)39-37(43)34(22-29-10-8-7-9-11-29)40(24-30-16-12-26(2)13-17-30)36(42)25-41(33-23-31(38)18-21-35(33)46-5)47(44,45)32-19-14-27(3)15-20-32/h7-21,23,28,34H,6,22,24-25H2,1-5H3,(H,39,43)/t28-,34+/m1/s1. The van der Waals surface area contributed by atoms with E-state index in [1.807, 2.05) is 82.3 Å². The molecule has 0 bridgehead atoms. The van der Waals surface area contributed by atoms with Gasteiger partial charge in [0, 0.05) is 24.0 Å². The number of ether oxygens (including phenoxy) is 1. The lowest BCUT2D eigenvalue weighted by Gasteiger charge is -2.34. The largest absolute Gasteiger partial charge is 0.495 e. The fourth-order valence-corrected chi connectivity index (χ4v) is 6.68. The quantitative estimate of drug-likeness (QED) is 0.160. The Balaban J connectivity index is 1.85. The maximum atomic E-state index is 14.7. The highest BCUT2D eigenvalue weighted by Crippen LogP contribution is 2.35. The van der Waals surface area contributed by atoms with E-state index in [1.54, 1.807) is 24.3 Å². The van der Waals surface area contributed by atoms with Crippen LogP contribution in [0.25, 0.3) is 0 Å². The number of nitrogens with one attached hydrogen (secondary N) is 1. The van der Waals surface area contributed by atoms with Gasteiger partial charge >= 0.3 is 0 Å². The van der Waals surface area contributed by atoms with Crippen LogP contribution in [0.2, 0.25) is 5.02 Å². The fourth-order valence-electron chi connectivity index (χ4n) is 5.09. The van der Waals surface area contributed by atoms with Crippen molar-refractivity contribution in [3.8, 4) is 5.75 Å². The topological polar surface area (TPSA) is 96.0 Å². The molecule has 0 spiro atoms. The third-order valence-corrected chi connectivity index (χ3v) is 10.1. The summed E-state index contributed by atoms with van der Waals surface area (Å²) in [5.41, 5.74) is 3.69. The van der Waals surface area contributed by atoms with Crippen LogP contribution < -0.4 is 14.4 Å². The Morgan fingerprint density at radius 1 is 0.872 bits per heavy atom. The van der Waals surface area contributed by atoms with E-state index >= 15 is 0 Å². The zero-order chi connectivity index (χ0) is 34.1. The second kappa shape index (κ2) is 16.0. The number of benzene rings is 4. The third-order valence-electron chi connectivity index (χ3n) is 8.04. The monoisotopic (exact) mass is 675 g/mol. The summed E-state index contributed by atoms with van der Waals surface area (Å²) in [4.78, 5) is 30.1. The molecule has 10 heteroatoms. The summed E-state index contributed by atoms with van der Waals surface area (Å²) in [5, 5.41) is 3.32. The fraction of sp³-hybridized carbons (Fsp3) is 0.297. The number of sulfonamides is 1. The van der Waals surface area contributed by atoms with Gasteiger partial charge in [-0.25, -0.2) is 8.42 Å². The molecule has 0 aliphatic heterocycles. The Morgan fingerprint density at radius 2 is 1.49 bits per heavy atom. The number of amides is 2. The molecule has 4 aromatic rings. The van der Waals surface area contributed by atoms with Gasteiger partial charge in [0.05, 0.1) is 17.7 Å². The molecule has 0 aromatic heterocycles. The van der Waals surface area contributed by atoms with Gasteiger partial charge in [0.2, 0.25) is 11.8 Å². The van der Waals surface area contributed by atoms with E-state index in [0.717, 1.165) is 26.6 Å². The number of hydrogen-bond donors (Lipinski definition) is 1. The molecule has 0 heterocycles. The van der Waals surface area contributed by atoms with E-state index in [4.69, 9.17) is 16.3 Å². The number of carbonyl (C=O) groups excluding carboxylic acids is 2. The van der Waals surface area contributed by atoms with Crippen molar-refractivity contribution in [2.75, 3.05) is 18.0 Å². The summed E-state index contributed by atoms with van der Waals surface area (Å²) in [6, 6.07) is 27.1. The first kappa shape index (κ1) is 35.5. The van der Waals surface area contributed by atoms with Crippen molar-refractivity contribution in [3.63, 3.8) is 0 Å². The maximum Gasteiger partial charge on any atom is 0.264 e. The lowest BCUT2D eigenvalue weighted by molar-refractivity contribution is -0.140. The van der Waals surface area contributed by atoms with Crippen molar-refractivity contribution in [1.82, 2.24) is 10.2 Å². The molecule has 4 aromatic carbocycles. The number of rotatable bonds is 14. The molecule has 0 saturated heterocycles. The van der Waals surface area contributed by atoms with Gasteiger partial charge < -0.3 is 15.0 Å². The van der Waals surface area contributed by atoms with Crippen LogP contribution in [0.5, 0.6) is 5.75 Å². The molecule has 248 valence electrons. The highest BCUT2D eigenvalue weighted by atomic mass is 35.5. The van der Waals surface area contributed by atoms with Gasteiger partial charge in [-0.15, -0.1) is 0 Å². The normalized spacial score (nSPS) is 12.6. The molecule has 0 radical (unpaired) electrons. The number of halogens is 1. The van der Waals surface area contributed by atoms with Gasteiger partial charge in [-0.1, -0.05) is 96.4 Å². The molecule has 47 heavy (non-hydrogen) atoms. The van der Waals surface area contributed by atoms with Crippen LogP contribution in [0.3, 0.4) is 0 Å². The molecule has 0 saturated carbocycles. The predicted octanol–water partition coefficient (Wildman–Crippen LogP) is 6.72. The average Bonchev–Trinajstić information content (AvgIpc) is 3.06. The molecular weight excluding hydrogens is 634 g/mol. The van der Waals surface area contributed by atoms with E-state index in [0.29, 0.717) is 6.42 Å². The Labute approximate surface area is 283 Å². The van der Waals surface area contributed by atoms with Gasteiger partial charge in [-0.2, -0.15) is 0 Å². The predicted molar refractivity (Wildman–Crippen MR) is 187 cm³/mol. The van der Waals surface area contributed by atoms with Crippen molar-refractivity contribution >= 4 is 39.1 Å². The molecule has 1 N–H and O–H groups in total. The Kier molecular flexibility index (Phi) is 12.1. The van der Waals surface area contributed by atoms with Gasteiger partial charge in [-0.3, -0.25) is 13.9 Å². The lowest BCUT2D eigenvalue weighted by atomic mass is 10.0. The van der Waals surface area contributed by atoms with Gasteiger partial charge in [0.15, 0.2) is 0 Å². The van der Waals surface area contributed by atoms with E-state index in [2.05, 4.69) is 5.32 Å². The molecular formula is C37H42ClN3O5S. The van der Waals surface area contributed by atoms with Gasteiger partial charge in [0.25, 0.3) is 10.0 Å². The molecule has 8 nitrogen and oxygen atoms in total. The Hall–Kier alpha value is -4.34. The van der Waals surface area contributed by atoms with Crippen LogP contribution in [0.1, 0.15) is 42.5 Å². The van der Waals surface area contributed by atoms with E-state index < -0.39 is 28.5 Å². The van der Waals surface area contributed by atoms with Crippen molar-refractivity contribution in [2.24, 2.45) is 0 Å². The third kappa shape index (κ3) is 9.14. The average molecular weight is 676 g/mol. The molecule has 0 aliphatic carbocycles. The first-order valence-electron chi connectivity index (χ1n) is 15.5. The van der Waals surface area contributed by atoms with E-state index in [-0.39, 0.29) is 46.3 Å². The Bertz CT molecular complexity index is 1760. The van der Waals surface area contributed by atoms with Crippen LogP contribution in [0.4, 0.5) is 5.69 Å². The van der Waals surface area contributed by atoms with Crippen molar-refractivity contribution in [1.29, 1.82) is 0 Å². The molecule has 0 aliphatic rings. The summed E-state index contributed by atoms with van der Waals surface area (Å²) in [6.45, 7) is 7.18. The van der Waals surface area contributed by atoms with Crippen molar-refractivity contribution in [2.45, 2.75) is 64.1 Å². The van der Waals surface area contributed by atoms with Crippen LogP contribution >= 0.6 is 11.6 Å². The van der Waals surface area contributed by atoms with Crippen molar-refractivity contribution < 1.29 is 22.7 Å². The van der Waals surface area contributed by atoms with E-state index in [1.165, 1.54) is 30.2 Å². The summed E-state index contributed by atoms with van der Waals surface area (Å²) in [5.74, 6) is -0.668. The zero-order valence-corrected chi connectivity index (χ0v) is 29.0. The first-order chi connectivity index (χ1) is 22.4. The summed E-state index contributed by atoms with van der Waals surface area (Å²) < 4.78 is 35.2. The second-order valence-electron chi connectivity index (χ2n) is 11.7. The molecule has 0 fully saturated rings. The number of anilines is 1.